The third kappa shape index (κ3) is 4.61. The lowest BCUT2D eigenvalue weighted by molar-refractivity contribution is -0.146. The first-order chi connectivity index (χ1) is 11.5. The number of hydrogen-bond donors (Lipinski definition) is 1. The van der Waals surface area contributed by atoms with Gasteiger partial charge >= 0.3 is 11.9 Å². The Balaban J connectivity index is 3.13. The fourth-order valence-electron chi connectivity index (χ4n) is 1.77. The summed E-state index contributed by atoms with van der Waals surface area (Å²) in [5.41, 5.74) is -0.397. The number of methoxy groups -OCH3 is 2. The molecule has 0 saturated carbocycles. The smallest absolute Gasteiger partial charge is 0.347 e. The molecule has 1 N–H and O–H groups in total. The second-order valence-electron chi connectivity index (χ2n) is 4.31. The Hall–Kier alpha value is -2.77. The molecule has 0 aliphatic rings. The van der Waals surface area contributed by atoms with Crippen LogP contribution in [0.25, 0.3) is 0 Å². The third-order valence-corrected chi connectivity index (χ3v) is 2.85. The van der Waals surface area contributed by atoms with Crippen LogP contribution in [0.1, 0.15) is 13.8 Å². The Morgan fingerprint density at radius 3 is 2.12 bits per heavy atom. The van der Waals surface area contributed by atoms with Gasteiger partial charge in [-0.25, -0.2) is 14.0 Å². The predicted octanol–water partition coefficient (Wildman–Crippen LogP) is 2.26. The molecular formula is C16H20FNO6. The van der Waals surface area contributed by atoms with Gasteiger partial charge in [-0.2, -0.15) is 0 Å². The van der Waals surface area contributed by atoms with Crippen molar-refractivity contribution in [2.45, 2.75) is 13.8 Å². The van der Waals surface area contributed by atoms with Crippen molar-refractivity contribution in [2.24, 2.45) is 0 Å². The van der Waals surface area contributed by atoms with Gasteiger partial charge in [0.15, 0.2) is 22.9 Å². The van der Waals surface area contributed by atoms with Gasteiger partial charge in [0, 0.05) is 6.20 Å². The molecule has 7 nitrogen and oxygen atoms in total. The molecule has 1 aromatic rings. The maximum Gasteiger partial charge on any atom is 0.347 e. The predicted molar refractivity (Wildman–Crippen MR) is 84.5 cm³/mol. The molecule has 0 heterocycles. The number of anilines is 1. The van der Waals surface area contributed by atoms with Gasteiger partial charge in [0.1, 0.15) is 0 Å². The highest BCUT2D eigenvalue weighted by molar-refractivity contribution is 6.14. The quantitative estimate of drug-likeness (QED) is 0.336. The van der Waals surface area contributed by atoms with Gasteiger partial charge in [-0.1, -0.05) is 0 Å². The van der Waals surface area contributed by atoms with Crippen LogP contribution in [-0.2, 0) is 19.1 Å². The molecule has 0 atom stereocenters. The van der Waals surface area contributed by atoms with Gasteiger partial charge in [-0.15, -0.1) is 0 Å². The van der Waals surface area contributed by atoms with Crippen molar-refractivity contribution in [1.29, 1.82) is 0 Å². The van der Waals surface area contributed by atoms with Gasteiger partial charge in [0.25, 0.3) is 0 Å². The van der Waals surface area contributed by atoms with E-state index in [1.807, 2.05) is 0 Å². The van der Waals surface area contributed by atoms with Crippen molar-refractivity contribution < 1.29 is 32.9 Å². The lowest BCUT2D eigenvalue weighted by atomic mass is 10.2. The number of ether oxygens (including phenoxy) is 4. The maximum absolute atomic E-state index is 14.3. The molecule has 0 aromatic heterocycles. The standard InChI is InChI=1S/C16H20FNO6/c1-5-23-15(19)10(16(20)24-6-2)9-18-11-7-8-12(21-3)14(22-4)13(11)17/h7-9,18H,5-6H2,1-4H3. The highest BCUT2D eigenvalue weighted by atomic mass is 19.1. The molecule has 0 radical (unpaired) electrons. The number of hydrogen-bond acceptors (Lipinski definition) is 7. The lowest BCUT2D eigenvalue weighted by Crippen LogP contribution is -2.19. The molecule has 0 aliphatic carbocycles. The monoisotopic (exact) mass is 341 g/mol. The van der Waals surface area contributed by atoms with Crippen LogP contribution in [0.15, 0.2) is 23.9 Å². The molecule has 1 aromatic carbocycles. The summed E-state index contributed by atoms with van der Waals surface area (Å²) in [5.74, 6) is -2.38. The van der Waals surface area contributed by atoms with E-state index in [9.17, 15) is 14.0 Å². The summed E-state index contributed by atoms with van der Waals surface area (Å²) in [6.45, 7) is 3.37. The Kier molecular flexibility index (Phi) is 7.54. The summed E-state index contributed by atoms with van der Waals surface area (Å²) in [5, 5.41) is 2.54. The summed E-state index contributed by atoms with van der Waals surface area (Å²) >= 11 is 0. The fourth-order valence-corrected chi connectivity index (χ4v) is 1.77. The molecule has 8 heteroatoms. The van der Waals surface area contributed by atoms with E-state index >= 15 is 0 Å². The summed E-state index contributed by atoms with van der Waals surface area (Å²) in [4.78, 5) is 23.6. The highest BCUT2D eigenvalue weighted by Crippen LogP contribution is 2.34. The second-order valence-corrected chi connectivity index (χ2v) is 4.31. The first-order valence-electron chi connectivity index (χ1n) is 7.21. The first-order valence-corrected chi connectivity index (χ1v) is 7.21. The van der Waals surface area contributed by atoms with E-state index in [4.69, 9.17) is 18.9 Å². The molecule has 1 rings (SSSR count). The van der Waals surface area contributed by atoms with E-state index in [2.05, 4.69) is 5.32 Å². The van der Waals surface area contributed by atoms with Crippen LogP contribution in [-0.4, -0.2) is 39.4 Å². The van der Waals surface area contributed by atoms with E-state index in [0.717, 1.165) is 6.20 Å². The van der Waals surface area contributed by atoms with Crippen LogP contribution in [0.2, 0.25) is 0 Å². The summed E-state index contributed by atoms with van der Waals surface area (Å²) < 4.78 is 33.8. The van der Waals surface area contributed by atoms with Crippen LogP contribution in [0, 0.1) is 5.82 Å². The van der Waals surface area contributed by atoms with E-state index in [1.54, 1.807) is 13.8 Å². The minimum absolute atomic E-state index is 0.0150. The summed E-state index contributed by atoms with van der Waals surface area (Å²) in [6, 6.07) is 2.85. The Labute approximate surface area is 139 Å². The average Bonchev–Trinajstić information content (AvgIpc) is 2.56. The molecule has 0 amide bonds. The number of nitrogens with one attached hydrogen (secondary N) is 1. The van der Waals surface area contributed by atoms with Crippen molar-refractivity contribution >= 4 is 17.6 Å². The molecule has 24 heavy (non-hydrogen) atoms. The fraction of sp³-hybridized carbons (Fsp3) is 0.375. The van der Waals surface area contributed by atoms with Crippen LogP contribution in [0.5, 0.6) is 11.5 Å². The molecule has 0 fully saturated rings. The van der Waals surface area contributed by atoms with Gasteiger partial charge < -0.3 is 24.3 Å². The Morgan fingerprint density at radius 1 is 1.08 bits per heavy atom. The molecule has 132 valence electrons. The second kappa shape index (κ2) is 9.39. The van der Waals surface area contributed by atoms with Crippen LogP contribution >= 0.6 is 0 Å². The van der Waals surface area contributed by atoms with Crippen molar-refractivity contribution in [1.82, 2.24) is 0 Å². The Morgan fingerprint density at radius 2 is 1.67 bits per heavy atom. The van der Waals surface area contributed by atoms with E-state index in [-0.39, 0.29) is 36.0 Å². The normalized spacial score (nSPS) is 9.71. The molecule has 0 spiro atoms. The molecule has 0 bridgehead atoms. The largest absolute Gasteiger partial charge is 0.493 e. The van der Waals surface area contributed by atoms with E-state index in [0.29, 0.717) is 0 Å². The minimum Gasteiger partial charge on any atom is -0.493 e. The number of rotatable bonds is 8. The highest BCUT2D eigenvalue weighted by Gasteiger charge is 2.22. The first kappa shape index (κ1) is 19.3. The molecule has 0 aliphatic heterocycles. The van der Waals surface area contributed by atoms with Gasteiger partial charge in [-0.05, 0) is 26.0 Å². The molecule has 0 saturated heterocycles. The number of carbonyl (C=O) groups excluding carboxylic acids is 2. The number of carbonyl (C=O) groups is 2. The third-order valence-electron chi connectivity index (χ3n) is 2.85. The Bertz CT molecular complexity index is 609. The van der Waals surface area contributed by atoms with Gasteiger partial charge in [0.05, 0.1) is 33.1 Å². The lowest BCUT2D eigenvalue weighted by Gasteiger charge is -2.12. The maximum atomic E-state index is 14.3. The zero-order chi connectivity index (χ0) is 18.1. The molecular weight excluding hydrogens is 321 g/mol. The van der Waals surface area contributed by atoms with Crippen molar-refractivity contribution in [3.05, 3.63) is 29.7 Å². The van der Waals surface area contributed by atoms with Crippen LogP contribution < -0.4 is 14.8 Å². The summed E-state index contributed by atoms with van der Waals surface area (Å²) in [6.07, 6.45) is 1.03. The topological polar surface area (TPSA) is 83.1 Å². The SMILES string of the molecule is CCOC(=O)C(=CNc1ccc(OC)c(OC)c1F)C(=O)OCC. The zero-order valence-corrected chi connectivity index (χ0v) is 14.0. The number of esters is 2. The molecule has 0 unspecified atom stereocenters. The van der Waals surface area contributed by atoms with Crippen LogP contribution in [0.4, 0.5) is 10.1 Å². The summed E-state index contributed by atoms with van der Waals surface area (Å²) in [7, 11) is 2.67. The van der Waals surface area contributed by atoms with E-state index < -0.39 is 17.8 Å². The van der Waals surface area contributed by atoms with E-state index in [1.165, 1.54) is 26.4 Å². The zero-order valence-electron chi connectivity index (χ0n) is 14.0. The number of halogens is 1. The van der Waals surface area contributed by atoms with Crippen molar-refractivity contribution in [3.63, 3.8) is 0 Å². The number of benzene rings is 1. The van der Waals surface area contributed by atoms with Crippen molar-refractivity contribution in [3.8, 4) is 11.5 Å². The van der Waals surface area contributed by atoms with Gasteiger partial charge in [-0.3, -0.25) is 0 Å². The average molecular weight is 341 g/mol. The van der Waals surface area contributed by atoms with Crippen LogP contribution in [0.3, 0.4) is 0 Å². The van der Waals surface area contributed by atoms with Gasteiger partial charge in [0.2, 0.25) is 0 Å². The minimum atomic E-state index is -0.871. The van der Waals surface area contributed by atoms with Crippen molar-refractivity contribution in [2.75, 3.05) is 32.8 Å².